The number of aliphatic hydroxyl groups is 1. The fourth-order valence-corrected chi connectivity index (χ4v) is 11.2. The van der Waals surface area contributed by atoms with E-state index in [1.165, 1.54) is 12.5 Å². The number of carboxylic acid groups (broad SMARTS) is 1. The van der Waals surface area contributed by atoms with E-state index in [0.29, 0.717) is 24.2 Å². The van der Waals surface area contributed by atoms with E-state index in [2.05, 4.69) is 54.5 Å². The summed E-state index contributed by atoms with van der Waals surface area (Å²) in [5.74, 6) is -0.721. The van der Waals surface area contributed by atoms with Crippen molar-refractivity contribution in [2.75, 3.05) is 0 Å². The number of ether oxygens (including phenoxy) is 1. The summed E-state index contributed by atoms with van der Waals surface area (Å²) in [6.45, 7) is 17.6. The number of rotatable bonds is 2. The summed E-state index contributed by atoms with van der Waals surface area (Å²) in [7, 11) is 0. The molecule has 4 fully saturated rings. The Bertz CT molecular complexity index is 1030. The third-order valence-corrected chi connectivity index (χ3v) is 13.9. The molecule has 0 heterocycles. The molecule has 0 aromatic rings. The van der Waals surface area contributed by atoms with Crippen molar-refractivity contribution in [3.63, 3.8) is 0 Å². The molecule has 0 spiro atoms. The van der Waals surface area contributed by atoms with Gasteiger partial charge in [-0.2, -0.15) is 0 Å². The molecule has 5 rings (SSSR count). The number of hydrogen-bond acceptors (Lipinski definition) is 4. The molecule has 0 aliphatic heterocycles. The monoisotopic (exact) mass is 514 g/mol. The lowest BCUT2D eigenvalue weighted by molar-refractivity contribution is -0.316. The Balaban J connectivity index is 1.58. The second kappa shape index (κ2) is 8.08. The largest absolute Gasteiger partial charge is 0.481 e. The smallest absolute Gasteiger partial charge is 0.310 e. The Kier molecular flexibility index (Phi) is 5.95. The number of esters is 1. The van der Waals surface area contributed by atoms with Crippen LogP contribution in [0.4, 0.5) is 0 Å². The van der Waals surface area contributed by atoms with Gasteiger partial charge in [0.15, 0.2) is 0 Å². The van der Waals surface area contributed by atoms with Crippen molar-refractivity contribution in [3.05, 3.63) is 11.6 Å². The molecular weight excluding hydrogens is 464 g/mol. The average molecular weight is 515 g/mol. The number of allylic oxidation sites excluding steroid dienone is 2. The molecule has 4 saturated carbocycles. The molecule has 0 aromatic carbocycles. The van der Waals surface area contributed by atoms with Crippen molar-refractivity contribution in [2.24, 2.45) is 56.7 Å². The number of hydrogen-bond donors (Lipinski definition) is 2. The van der Waals surface area contributed by atoms with Crippen molar-refractivity contribution in [1.29, 1.82) is 0 Å². The molecule has 0 amide bonds. The van der Waals surface area contributed by atoms with Crippen LogP contribution >= 0.6 is 0 Å². The fourth-order valence-electron chi connectivity index (χ4n) is 11.2. The van der Waals surface area contributed by atoms with Gasteiger partial charge in [0, 0.05) is 18.8 Å². The summed E-state index contributed by atoms with van der Waals surface area (Å²) in [5.41, 5.74) is 0.353. The van der Waals surface area contributed by atoms with Gasteiger partial charge in [0.05, 0.1) is 5.41 Å². The van der Waals surface area contributed by atoms with Crippen LogP contribution in [0.2, 0.25) is 0 Å². The van der Waals surface area contributed by atoms with Crippen LogP contribution in [0.3, 0.4) is 0 Å². The zero-order chi connectivity index (χ0) is 27.4. The summed E-state index contributed by atoms with van der Waals surface area (Å²) < 4.78 is 5.62. The van der Waals surface area contributed by atoms with Gasteiger partial charge in [-0.3, -0.25) is 9.59 Å². The second-order valence-corrected chi connectivity index (χ2v) is 15.2. The van der Waals surface area contributed by atoms with Crippen molar-refractivity contribution in [2.45, 2.75) is 119 Å². The third-order valence-electron chi connectivity index (χ3n) is 13.9. The van der Waals surface area contributed by atoms with E-state index < -0.39 is 28.6 Å². The Morgan fingerprint density at radius 1 is 0.919 bits per heavy atom. The van der Waals surface area contributed by atoms with E-state index in [-0.39, 0.29) is 28.1 Å². The van der Waals surface area contributed by atoms with Crippen molar-refractivity contribution in [1.82, 2.24) is 0 Å². The van der Waals surface area contributed by atoms with Gasteiger partial charge < -0.3 is 14.9 Å². The number of aliphatic carboxylic acids is 1. The van der Waals surface area contributed by atoms with E-state index >= 15 is 0 Å². The third kappa shape index (κ3) is 3.25. The first-order chi connectivity index (χ1) is 17.0. The Hall–Kier alpha value is -1.36. The molecule has 0 radical (unpaired) electrons. The van der Waals surface area contributed by atoms with Gasteiger partial charge in [-0.25, -0.2) is 0 Å². The number of fused-ring (bicyclic) bond motifs is 7. The maximum atomic E-state index is 12.9. The predicted molar refractivity (Wildman–Crippen MR) is 143 cm³/mol. The van der Waals surface area contributed by atoms with Gasteiger partial charge >= 0.3 is 11.9 Å². The van der Waals surface area contributed by atoms with Crippen LogP contribution in [-0.4, -0.2) is 27.9 Å². The summed E-state index contributed by atoms with van der Waals surface area (Å²) in [6, 6.07) is 0. The van der Waals surface area contributed by atoms with Gasteiger partial charge in [-0.1, -0.05) is 60.1 Å². The minimum absolute atomic E-state index is 0.0146. The first-order valence-electron chi connectivity index (χ1n) is 14.9. The quantitative estimate of drug-likeness (QED) is 0.236. The Morgan fingerprint density at radius 3 is 2.22 bits per heavy atom. The van der Waals surface area contributed by atoms with Crippen LogP contribution in [0, 0.1) is 56.7 Å². The Morgan fingerprint density at radius 2 is 1.59 bits per heavy atom. The molecule has 2 N–H and O–H groups in total. The first-order valence-corrected chi connectivity index (χ1v) is 14.9. The summed E-state index contributed by atoms with van der Waals surface area (Å²) in [6.07, 6.45) is 10.3. The normalized spacial score (nSPS) is 52.5. The molecule has 5 heteroatoms. The van der Waals surface area contributed by atoms with Crippen LogP contribution in [0.25, 0.3) is 0 Å². The standard InChI is InChI=1S/C32H50O5/c1-19-11-14-31(26(34)35)17-16-29(7)22(25(31)20(19)2)9-10-24-28(6)15-18-32(36,37-21(3)33)27(4,5)23(28)12-13-30(24,29)8/h9,19-20,23-25,36H,10-18H2,1-8H3,(H,34,35)/t19-,20+,23-,24-,25-,28-,29+,30+,31-,32-/m0/s1. The molecule has 5 aliphatic rings. The summed E-state index contributed by atoms with van der Waals surface area (Å²) in [4.78, 5) is 24.8. The van der Waals surface area contributed by atoms with Gasteiger partial charge in [-0.05, 0) is 97.2 Å². The second-order valence-electron chi connectivity index (χ2n) is 15.2. The maximum absolute atomic E-state index is 12.9. The highest BCUT2D eigenvalue weighted by Crippen LogP contribution is 2.76. The SMILES string of the molecule is CC(=O)O[C@@]1(O)CC[C@@]2(C)[C@@H](CC[C@]3(C)[C@H]2CC=C2[C@@H]4[C@H](C)[C@@H](C)CC[C@]4(C(=O)O)CC[C@]23C)C1(C)C. The first kappa shape index (κ1) is 27.2. The van der Waals surface area contributed by atoms with Crippen molar-refractivity contribution < 1.29 is 24.5 Å². The lowest BCUT2D eigenvalue weighted by atomic mass is 9.33. The molecule has 37 heavy (non-hydrogen) atoms. The highest BCUT2D eigenvalue weighted by molar-refractivity contribution is 5.76. The van der Waals surface area contributed by atoms with Gasteiger partial charge in [0.1, 0.15) is 0 Å². The topological polar surface area (TPSA) is 83.8 Å². The summed E-state index contributed by atoms with van der Waals surface area (Å²) >= 11 is 0. The Labute approximate surface area is 223 Å². The van der Waals surface area contributed by atoms with E-state index in [1.54, 1.807) is 0 Å². The minimum Gasteiger partial charge on any atom is -0.481 e. The lowest BCUT2D eigenvalue weighted by Crippen LogP contribution is -2.68. The fraction of sp³-hybridized carbons (Fsp3) is 0.875. The zero-order valence-electron chi connectivity index (χ0n) is 24.4. The average Bonchev–Trinajstić information content (AvgIpc) is 2.79. The van der Waals surface area contributed by atoms with E-state index in [9.17, 15) is 19.8 Å². The number of carbonyl (C=O) groups is 2. The van der Waals surface area contributed by atoms with E-state index in [1.807, 2.05) is 0 Å². The lowest BCUT2D eigenvalue weighted by Gasteiger charge is -2.72. The van der Waals surface area contributed by atoms with E-state index in [4.69, 9.17) is 4.74 Å². The van der Waals surface area contributed by atoms with Gasteiger partial charge in [-0.15, -0.1) is 0 Å². The molecule has 0 saturated heterocycles. The van der Waals surface area contributed by atoms with Crippen LogP contribution in [-0.2, 0) is 14.3 Å². The number of carbonyl (C=O) groups excluding carboxylic acids is 1. The van der Waals surface area contributed by atoms with Crippen molar-refractivity contribution in [3.8, 4) is 0 Å². The minimum atomic E-state index is -1.43. The molecule has 0 bridgehead atoms. The molecular formula is C32H50O5. The molecule has 0 unspecified atom stereocenters. The molecule has 10 atom stereocenters. The van der Waals surface area contributed by atoms with Crippen LogP contribution in [0.1, 0.15) is 113 Å². The van der Waals surface area contributed by atoms with Gasteiger partial charge in [0.25, 0.3) is 0 Å². The highest BCUT2D eigenvalue weighted by atomic mass is 16.7. The van der Waals surface area contributed by atoms with Crippen LogP contribution in [0.5, 0.6) is 0 Å². The van der Waals surface area contributed by atoms with Crippen LogP contribution < -0.4 is 0 Å². The zero-order valence-corrected chi connectivity index (χ0v) is 24.4. The molecule has 5 aliphatic carbocycles. The number of carboxylic acids is 1. The predicted octanol–water partition coefficient (Wildman–Crippen LogP) is 6.98. The van der Waals surface area contributed by atoms with Crippen molar-refractivity contribution >= 4 is 11.9 Å². The van der Waals surface area contributed by atoms with E-state index in [0.717, 1.165) is 51.4 Å². The van der Waals surface area contributed by atoms with Crippen LogP contribution in [0.15, 0.2) is 11.6 Å². The molecule has 208 valence electrons. The molecule has 0 aromatic heterocycles. The highest BCUT2D eigenvalue weighted by Gasteiger charge is 2.71. The maximum Gasteiger partial charge on any atom is 0.310 e. The molecule has 5 nitrogen and oxygen atoms in total. The van der Waals surface area contributed by atoms with Gasteiger partial charge in [0.2, 0.25) is 5.79 Å². The summed E-state index contributed by atoms with van der Waals surface area (Å²) in [5, 5.41) is 22.2.